The SMILES string of the molecule is CC(=O)N(C(C)C)C(C(=O)O)c1cncc(Br)c1. The van der Waals surface area contributed by atoms with E-state index in [1.807, 2.05) is 0 Å². The minimum atomic E-state index is -1.07. The summed E-state index contributed by atoms with van der Waals surface area (Å²) in [6.07, 6.45) is 3.03. The molecular weight excluding hydrogens is 300 g/mol. The predicted molar refractivity (Wildman–Crippen MR) is 70.0 cm³/mol. The van der Waals surface area contributed by atoms with Crippen molar-refractivity contribution in [1.29, 1.82) is 0 Å². The first-order chi connectivity index (χ1) is 8.34. The molecule has 0 saturated carbocycles. The number of hydrogen-bond acceptors (Lipinski definition) is 3. The summed E-state index contributed by atoms with van der Waals surface area (Å²) in [6.45, 7) is 4.92. The molecule has 0 radical (unpaired) electrons. The molecule has 1 aromatic rings. The van der Waals surface area contributed by atoms with Gasteiger partial charge in [0.15, 0.2) is 6.04 Å². The lowest BCUT2D eigenvalue weighted by atomic mass is 10.1. The van der Waals surface area contributed by atoms with Gasteiger partial charge in [-0.3, -0.25) is 9.78 Å². The minimum Gasteiger partial charge on any atom is -0.479 e. The fourth-order valence-electron chi connectivity index (χ4n) is 1.84. The lowest BCUT2D eigenvalue weighted by Gasteiger charge is -2.31. The van der Waals surface area contributed by atoms with Gasteiger partial charge in [0.05, 0.1) is 0 Å². The van der Waals surface area contributed by atoms with Crippen LogP contribution in [0.5, 0.6) is 0 Å². The Morgan fingerprint density at radius 3 is 2.39 bits per heavy atom. The second-order valence-corrected chi connectivity index (χ2v) is 5.11. The fraction of sp³-hybridized carbons (Fsp3) is 0.417. The normalized spacial score (nSPS) is 12.3. The Hall–Kier alpha value is -1.43. The van der Waals surface area contributed by atoms with Crippen molar-refractivity contribution in [2.75, 3.05) is 0 Å². The Kier molecular flexibility index (Phi) is 4.84. The molecule has 1 unspecified atom stereocenters. The van der Waals surface area contributed by atoms with Crippen LogP contribution in [-0.4, -0.2) is 32.9 Å². The van der Waals surface area contributed by atoms with Crippen LogP contribution in [0.4, 0.5) is 0 Å². The number of hydrogen-bond donors (Lipinski definition) is 1. The van der Waals surface area contributed by atoms with Gasteiger partial charge in [0, 0.05) is 35.4 Å². The molecule has 6 heteroatoms. The number of carbonyl (C=O) groups is 2. The molecule has 1 atom stereocenters. The second kappa shape index (κ2) is 5.95. The van der Waals surface area contributed by atoms with Gasteiger partial charge in [0.2, 0.25) is 5.91 Å². The maximum Gasteiger partial charge on any atom is 0.331 e. The van der Waals surface area contributed by atoms with Crippen LogP contribution in [0.3, 0.4) is 0 Å². The first-order valence-corrected chi connectivity index (χ1v) is 6.26. The standard InChI is InChI=1S/C12H15BrN2O3/c1-7(2)15(8(3)16)11(12(17)18)9-4-10(13)6-14-5-9/h4-7,11H,1-3H3,(H,17,18). The topological polar surface area (TPSA) is 70.5 Å². The Bertz CT molecular complexity index is 462. The van der Waals surface area contributed by atoms with E-state index < -0.39 is 12.0 Å². The number of aliphatic carboxylic acids is 1. The largest absolute Gasteiger partial charge is 0.479 e. The summed E-state index contributed by atoms with van der Waals surface area (Å²) in [4.78, 5) is 28.3. The number of halogens is 1. The van der Waals surface area contributed by atoms with Crippen molar-refractivity contribution in [2.24, 2.45) is 0 Å². The average Bonchev–Trinajstić information content (AvgIpc) is 2.23. The number of carboxylic acids is 1. The molecule has 1 heterocycles. The summed E-state index contributed by atoms with van der Waals surface area (Å²) in [7, 11) is 0. The number of nitrogens with zero attached hydrogens (tertiary/aromatic N) is 2. The van der Waals surface area contributed by atoms with Crippen molar-refractivity contribution < 1.29 is 14.7 Å². The highest BCUT2D eigenvalue weighted by atomic mass is 79.9. The minimum absolute atomic E-state index is 0.206. The van der Waals surface area contributed by atoms with Gasteiger partial charge >= 0.3 is 5.97 Å². The van der Waals surface area contributed by atoms with Gasteiger partial charge in [0.25, 0.3) is 0 Å². The van der Waals surface area contributed by atoms with Crippen LogP contribution in [-0.2, 0) is 9.59 Å². The van der Waals surface area contributed by atoms with E-state index in [9.17, 15) is 14.7 Å². The first-order valence-electron chi connectivity index (χ1n) is 5.46. The lowest BCUT2D eigenvalue weighted by Crippen LogP contribution is -2.42. The van der Waals surface area contributed by atoms with Crippen molar-refractivity contribution in [3.05, 3.63) is 28.5 Å². The maximum absolute atomic E-state index is 11.6. The highest BCUT2D eigenvalue weighted by Crippen LogP contribution is 2.25. The summed E-state index contributed by atoms with van der Waals surface area (Å²) in [5, 5.41) is 9.35. The van der Waals surface area contributed by atoms with Crippen molar-refractivity contribution in [3.63, 3.8) is 0 Å². The fourth-order valence-corrected chi connectivity index (χ4v) is 2.23. The second-order valence-electron chi connectivity index (χ2n) is 4.20. The van der Waals surface area contributed by atoms with E-state index in [-0.39, 0.29) is 11.9 Å². The van der Waals surface area contributed by atoms with Crippen molar-refractivity contribution in [1.82, 2.24) is 9.88 Å². The smallest absolute Gasteiger partial charge is 0.331 e. The molecule has 1 rings (SSSR count). The molecule has 98 valence electrons. The predicted octanol–water partition coefficient (Wildman–Crippen LogP) is 2.23. The van der Waals surface area contributed by atoms with Crippen molar-refractivity contribution in [3.8, 4) is 0 Å². The zero-order valence-electron chi connectivity index (χ0n) is 10.4. The van der Waals surface area contributed by atoms with E-state index in [2.05, 4.69) is 20.9 Å². The molecule has 0 aliphatic carbocycles. The average molecular weight is 315 g/mol. The Morgan fingerprint density at radius 1 is 1.39 bits per heavy atom. The summed E-state index contributed by atoms with van der Waals surface area (Å²) < 4.78 is 0.679. The third-order valence-corrected chi connectivity index (χ3v) is 2.91. The van der Waals surface area contributed by atoms with Crippen molar-refractivity contribution >= 4 is 27.8 Å². The molecule has 1 amide bonds. The molecule has 0 aliphatic heterocycles. The number of pyridine rings is 1. The summed E-state index contributed by atoms with van der Waals surface area (Å²) in [6, 6.07) is 0.430. The highest BCUT2D eigenvalue weighted by molar-refractivity contribution is 9.10. The Balaban J connectivity index is 3.24. The molecule has 5 nitrogen and oxygen atoms in total. The van der Waals surface area contributed by atoms with Crippen LogP contribution in [0.2, 0.25) is 0 Å². The number of carboxylic acid groups (broad SMARTS) is 1. The quantitative estimate of drug-likeness (QED) is 0.925. The van der Waals surface area contributed by atoms with Crippen LogP contribution in [0.1, 0.15) is 32.4 Å². The highest BCUT2D eigenvalue weighted by Gasteiger charge is 2.31. The van der Waals surface area contributed by atoms with Crippen LogP contribution in [0, 0.1) is 0 Å². The first kappa shape index (κ1) is 14.6. The van der Waals surface area contributed by atoms with E-state index in [1.165, 1.54) is 18.0 Å². The van der Waals surface area contributed by atoms with Crippen LogP contribution >= 0.6 is 15.9 Å². The zero-order chi connectivity index (χ0) is 13.9. The van der Waals surface area contributed by atoms with E-state index in [0.717, 1.165) is 0 Å². The molecule has 0 saturated heterocycles. The van der Waals surface area contributed by atoms with E-state index in [4.69, 9.17) is 0 Å². The molecule has 0 spiro atoms. The third-order valence-electron chi connectivity index (χ3n) is 2.47. The number of carbonyl (C=O) groups excluding carboxylic acids is 1. The Labute approximate surface area is 114 Å². The molecule has 0 aromatic carbocycles. The Morgan fingerprint density at radius 2 is 2.00 bits per heavy atom. The molecule has 1 N–H and O–H groups in total. The molecule has 18 heavy (non-hydrogen) atoms. The zero-order valence-corrected chi connectivity index (χ0v) is 12.0. The molecule has 0 aliphatic rings. The summed E-state index contributed by atoms with van der Waals surface area (Å²) in [5.41, 5.74) is 0.473. The third kappa shape index (κ3) is 3.29. The summed E-state index contributed by atoms with van der Waals surface area (Å²) >= 11 is 3.24. The van der Waals surface area contributed by atoms with Gasteiger partial charge in [-0.2, -0.15) is 0 Å². The van der Waals surface area contributed by atoms with E-state index in [1.54, 1.807) is 26.1 Å². The summed E-state index contributed by atoms with van der Waals surface area (Å²) in [5.74, 6) is -1.35. The van der Waals surface area contributed by atoms with Crippen LogP contribution < -0.4 is 0 Å². The lowest BCUT2D eigenvalue weighted by molar-refractivity contribution is -0.151. The van der Waals surface area contributed by atoms with E-state index >= 15 is 0 Å². The van der Waals surface area contributed by atoms with Gasteiger partial charge in [-0.25, -0.2) is 4.79 Å². The molecule has 1 aromatic heterocycles. The molecular formula is C12H15BrN2O3. The van der Waals surface area contributed by atoms with Gasteiger partial charge in [0.1, 0.15) is 0 Å². The molecule has 0 fully saturated rings. The number of rotatable bonds is 4. The maximum atomic E-state index is 11.6. The van der Waals surface area contributed by atoms with Crippen molar-refractivity contribution in [2.45, 2.75) is 32.9 Å². The van der Waals surface area contributed by atoms with E-state index in [0.29, 0.717) is 10.0 Å². The van der Waals surface area contributed by atoms with Crippen LogP contribution in [0.15, 0.2) is 22.9 Å². The van der Waals surface area contributed by atoms with Gasteiger partial charge in [-0.15, -0.1) is 0 Å². The van der Waals surface area contributed by atoms with Crippen LogP contribution in [0.25, 0.3) is 0 Å². The molecule has 0 bridgehead atoms. The number of aromatic nitrogens is 1. The van der Waals surface area contributed by atoms with Gasteiger partial charge in [-0.1, -0.05) is 0 Å². The van der Waals surface area contributed by atoms with Gasteiger partial charge in [-0.05, 0) is 35.8 Å². The number of amides is 1. The monoisotopic (exact) mass is 314 g/mol. The van der Waals surface area contributed by atoms with Gasteiger partial charge < -0.3 is 10.0 Å².